The summed E-state index contributed by atoms with van der Waals surface area (Å²) in [7, 11) is 0. The summed E-state index contributed by atoms with van der Waals surface area (Å²) in [4.78, 5) is 0. The predicted molar refractivity (Wildman–Crippen MR) is 141 cm³/mol. The third kappa shape index (κ3) is 3.34. The Labute approximate surface area is 193 Å². The van der Waals surface area contributed by atoms with Gasteiger partial charge in [-0.2, -0.15) is 0 Å². The number of rotatable bonds is 4. The summed E-state index contributed by atoms with van der Waals surface area (Å²) in [6.45, 7) is 2.69. The molecule has 0 fully saturated rings. The molecule has 0 saturated carbocycles. The van der Waals surface area contributed by atoms with Crippen molar-refractivity contribution in [2.45, 2.75) is 6.92 Å². The van der Waals surface area contributed by atoms with Gasteiger partial charge in [0.05, 0.1) is 6.61 Å². The van der Waals surface area contributed by atoms with Crippen LogP contribution in [0.1, 0.15) is 6.92 Å². The normalized spacial score (nSPS) is 11.3. The van der Waals surface area contributed by atoms with E-state index in [0.29, 0.717) is 6.61 Å². The van der Waals surface area contributed by atoms with Gasteiger partial charge < -0.3 is 4.74 Å². The Morgan fingerprint density at radius 2 is 0.970 bits per heavy atom. The number of ether oxygens (including phenoxy) is 1. The largest absolute Gasteiger partial charge is 0.494 e. The van der Waals surface area contributed by atoms with Crippen molar-refractivity contribution in [1.82, 2.24) is 0 Å². The van der Waals surface area contributed by atoms with Crippen molar-refractivity contribution in [3.05, 3.63) is 115 Å². The van der Waals surface area contributed by atoms with Crippen LogP contribution in [0.3, 0.4) is 0 Å². The van der Waals surface area contributed by atoms with E-state index in [1.807, 2.05) is 6.92 Å². The lowest BCUT2D eigenvalue weighted by Crippen LogP contribution is -1.92. The van der Waals surface area contributed by atoms with Crippen LogP contribution < -0.4 is 4.74 Å². The fourth-order valence-corrected chi connectivity index (χ4v) is 4.98. The molecule has 0 radical (unpaired) electrons. The summed E-state index contributed by atoms with van der Waals surface area (Å²) in [6.07, 6.45) is 0. The molecule has 0 N–H and O–H groups in total. The van der Waals surface area contributed by atoms with Crippen LogP contribution in [-0.2, 0) is 0 Å². The van der Waals surface area contributed by atoms with Crippen molar-refractivity contribution in [3.8, 4) is 28.0 Å². The molecule has 33 heavy (non-hydrogen) atoms. The number of benzene rings is 6. The minimum absolute atomic E-state index is 0.672. The van der Waals surface area contributed by atoms with E-state index in [-0.39, 0.29) is 0 Å². The molecular formula is C32H24O. The Hall–Kier alpha value is -4.10. The molecule has 0 saturated heterocycles. The van der Waals surface area contributed by atoms with Crippen molar-refractivity contribution < 1.29 is 4.74 Å². The number of hydrogen-bond donors (Lipinski definition) is 0. The molecule has 6 rings (SSSR count). The Balaban J connectivity index is 1.69. The van der Waals surface area contributed by atoms with Crippen LogP contribution >= 0.6 is 0 Å². The maximum absolute atomic E-state index is 5.68. The van der Waals surface area contributed by atoms with Crippen LogP contribution in [-0.4, -0.2) is 6.61 Å². The predicted octanol–water partition coefficient (Wildman–Crippen LogP) is 8.88. The van der Waals surface area contributed by atoms with E-state index in [0.717, 1.165) is 5.75 Å². The van der Waals surface area contributed by atoms with Gasteiger partial charge in [0.25, 0.3) is 0 Å². The van der Waals surface area contributed by atoms with Gasteiger partial charge in [-0.15, -0.1) is 0 Å². The summed E-state index contributed by atoms with van der Waals surface area (Å²) in [6, 6.07) is 41.4. The number of fused-ring (bicyclic) bond motifs is 3. The maximum atomic E-state index is 5.68. The van der Waals surface area contributed by atoms with Crippen molar-refractivity contribution >= 4 is 32.3 Å². The highest BCUT2D eigenvalue weighted by atomic mass is 16.5. The lowest BCUT2D eigenvalue weighted by atomic mass is 9.85. The summed E-state index contributed by atoms with van der Waals surface area (Å²) in [5.74, 6) is 0.905. The van der Waals surface area contributed by atoms with Gasteiger partial charge in [-0.1, -0.05) is 97.1 Å². The highest BCUT2D eigenvalue weighted by molar-refractivity contribution is 6.21. The molecule has 0 spiro atoms. The minimum atomic E-state index is 0.672. The van der Waals surface area contributed by atoms with E-state index in [1.54, 1.807) is 0 Å². The fourth-order valence-electron chi connectivity index (χ4n) is 4.98. The van der Waals surface area contributed by atoms with Crippen LogP contribution in [0.2, 0.25) is 0 Å². The monoisotopic (exact) mass is 424 g/mol. The molecule has 0 atom stereocenters. The first-order valence-corrected chi connectivity index (χ1v) is 11.5. The van der Waals surface area contributed by atoms with Crippen LogP contribution in [0.25, 0.3) is 54.6 Å². The molecule has 158 valence electrons. The van der Waals surface area contributed by atoms with Crippen LogP contribution in [0.5, 0.6) is 5.75 Å². The van der Waals surface area contributed by atoms with Gasteiger partial charge in [0, 0.05) is 0 Å². The van der Waals surface area contributed by atoms with Gasteiger partial charge in [-0.3, -0.25) is 0 Å². The SMILES string of the molecule is CCOc1ccc(-c2c3ccccc3c(-c3ccc4ccccc4c3)c3ccccc23)cc1. The molecule has 6 aromatic carbocycles. The van der Waals surface area contributed by atoms with E-state index in [2.05, 4.69) is 115 Å². The van der Waals surface area contributed by atoms with Gasteiger partial charge in [-0.25, -0.2) is 0 Å². The van der Waals surface area contributed by atoms with Crippen molar-refractivity contribution in [1.29, 1.82) is 0 Å². The lowest BCUT2D eigenvalue weighted by Gasteiger charge is -2.18. The Bertz CT molecular complexity index is 1550. The van der Waals surface area contributed by atoms with Gasteiger partial charge in [0.2, 0.25) is 0 Å². The second-order valence-electron chi connectivity index (χ2n) is 8.36. The summed E-state index contributed by atoms with van der Waals surface area (Å²) in [5, 5.41) is 7.61. The summed E-state index contributed by atoms with van der Waals surface area (Å²) < 4.78 is 5.68. The van der Waals surface area contributed by atoms with Crippen molar-refractivity contribution in [2.24, 2.45) is 0 Å². The Morgan fingerprint density at radius 1 is 0.485 bits per heavy atom. The van der Waals surface area contributed by atoms with E-state index in [1.165, 1.54) is 54.6 Å². The van der Waals surface area contributed by atoms with E-state index in [9.17, 15) is 0 Å². The van der Waals surface area contributed by atoms with Crippen molar-refractivity contribution in [3.63, 3.8) is 0 Å². The molecule has 0 unspecified atom stereocenters. The van der Waals surface area contributed by atoms with Crippen LogP contribution in [0, 0.1) is 0 Å². The molecule has 0 aromatic heterocycles. The van der Waals surface area contributed by atoms with Gasteiger partial charge in [-0.05, 0) is 79.7 Å². The standard InChI is InChI=1S/C32H24O/c1-2-33-26-19-17-23(18-20-26)31-27-11-5-7-13-29(27)32(30-14-8-6-12-28(30)31)25-16-15-22-9-3-4-10-24(22)21-25/h3-21H,2H2,1H3. The maximum Gasteiger partial charge on any atom is 0.119 e. The minimum Gasteiger partial charge on any atom is -0.494 e. The van der Waals surface area contributed by atoms with Gasteiger partial charge in [0.15, 0.2) is 0 Å². The molecule has 1 heteroatoms. The zero-order chi connectivity index (χ0) is 22.2. The average molecular weight is 425 g/mol. The molecule has 0 bridgehead atoms. The second kappa shape index (κ2) is 8.11. The first-order valence-electron chi connectivity index (χ1n) is 11.5. The molecule has 0 heterocycles. The highest BCUT2D eigenvalue weighted by Gasteiger charge is 2.16. The van der Waals surface area contributed by atoms with Gasteiger partial charge in [0.1, 0.15) is 5.75 Å². The zero-order valence-corrected chi connectivity index (χ0v) is 18.6. The Morgan fingerprint density at radius 3 is 1.55 bits per heavy atom. The van der Waals surface area contributed by atoms with E-state index in [4.69, 9.17) is 4.74 Å². The summed E-state index contributed by atoms with van der Waals surface area (Å²) in [5.41, 5.74) is 5.02. The topological polar surface area (TPSA) is 9.23 Å². The molecule has 0 aliphatic carbocycles. The molecule has 0 aliphatic heterocycles. The third-order valence-corrected chi connectivity index (χ3v) is 6.42. The van der Waals surface area contributed by atoms with Crippen molar-refractivity contribution in [2.75, 3.05) is 6.61 Å². The number of hydrogen-bond acceptors (Lipinski definition) is 1. The molecule has 0 aliphatic rings. The van der Waals surface area contributed by atoms with E-state index < -0.39 is 0 Å². The van der Waals surface area contributed by atoms with Crippen LogP contribution in [0.15, 0.2) is 115 Å². The molecule has 0 amide bonds. The fraction of sp³-hybridized carbons (Fsp3) is 0.0625. The lowest BCUT2D eigenvalue weighted by molar-refractivity contribution is 0.340. The smallest absolute Gasteiger partial charge is 0.119 e. The molecule has 6 aromatic rings. The third-order valence-electron chi connectivity index (χ3n) is 6.42. The first kappa shape index (κ1) is 19.6. The molecule has 1 nitrogen and oxygen atoms in total. The Kier molecular flexibility index (Phi) is 4.81. The molecular weight excluding hydrogens is 400 g/mol. The summed E-state index contributed by atoms with van der Waals surface area (Å²) >= 11 is 0. The highest BCUT2D eigenvalue weighted by Crippen LogP contribution is 2.44. The van der Waals surface area contributed by atoms with E-state index >= 15 is 0 Å². The first-order chi connectivity index (χ1) is 16.3. The van der Waals surface area contributed by atoms with Gasteiger partial charge >= 0.3 is 0 Å². The second-order valence-corrected chi connectivity index (χ2v) is 8.36. The van der Waals surface area contributed by atoms with Crippen LogP contribution in [0.4, 0.5) is 0 Å². The average Bonchev–Trinajstić information content (AvgIpc) is 2.88. The quantitative estimate of drug-likeness (QED) is 0.257. The zero-order valence-electron chi connectivity index (χ0n) is 18.6.